The van der Waals surface area contributed by atoms with Crippen LogP contribution < -0.4 is 5.32 Å². The fraction of sp³-hybridized carbons (Fsp3) is 0.200. The molecule has 2 rings (SSSR count). The molecular formula is C10H5F5N2OS. The molecule has 0 bridgehead atoms. The number of carbonyl (C=O) groups excluding carboxylic acids is 1. The van der Waals surface area contributed by atoms with Crippen LogP contribution in [0.5, 0.6) is 0 Å². The molecule has 2 aromatic rings. The third-order valence-electron chi connectivity index (χ3n) is 2.16. The summed E-state index contributed by atoms with van der Waals surface area (Å²) in [5.74, 6) is -7.90. The summed E-state index contributed by atoms with van der Waals surface area (Å²) in [5.41, 5.74) is 0.401. The number of halogens is 5. The maximum atomic E-state index is 12.7. The fourth-order valence-electron chi connectivity index (χ4n) is 1.23. The summed E-state index contributed by atoms with van der Waals surface area (Å²) >= 11 is 0.809. The Kier molecular flexibility index (Phi) is 3.17. The predicted molar refractivity (Wildman–Crippen MR) is 59.3 cm³/mol. The summed E-state index contributed by atoms with van der Waals surface area (Å²) in [6.07, 6.45) is -5.94. The summed E-state index contributed by atoms with van der Waals surface area (Å²) in [6.45, 7) is 0. The monoisotopic (exact) mass is 296 g/mol. The summed E-state index contributed by atoms with van der Waals surface area (Å²) in [7, 11) is 0. The van der Waals surface area contributed by atoms with Crippen molar-refractivity contribution >= 4 is 32.6 Å². The highest BCUT2D eigenvalue weighted by Gasteiger charge is 2.63. The van der Waals surface area contributed by atoms with Gasteiger partial charge in [0.05, 0.1) is 10.2 Å². The van der Waals surface area contributed by atoms with Gasteiger partial charge in [0, 0.05) is 0 Å². The zero-order valence-corrected chi connectivity index (χ0v) is 9.78. The number of hydrogen-bond donors (Lipinski definition) is 1. The molecule has 0 unspecified atom stereocenters. The first kappa shape index (κ1) is 13.7. The zero-order chi connectivity index (χ0) is 14.3. The van der Waals surface area contributed by atoms with Gasteiger partial charge in [-0.2, -0.15) is 22.0 Å². The zero-order valence-electron chi connectivity index (χ0n) is 8.96. The number of amides is 1. The summed E-state index contributed by atoms with van der Waals surface area (Å²) in [6, 6.07) is 6.42. The second-order valence-electron chi connectivity index (χ2n) is 3.51. The molecule has 1 amide bonds. The lowest BCUT2D eigenvalue weighted by atomic mass is 10.3. The normalized spacial score (nSPS) is 12.7. The second kappa shape index (κ2) is 4.41. The average molecular weight is 296 g/mol. The number of para-hydroxylation sites is 1. The number of thiazole rings is 1. The van der Waals surface area contributed by atoms with Gasteiger partial charge in [-0.1, -0.05) is 23.5 Å². The molecular weight excluding hydrogens is 291 g/mol. The molecule has 9 heteroatoms. The van der Waals surface area contributed by atoms with Crippen LogP contribution in [0.15, 0.2) is 24.3 Å². The van der Waals surface area contributed by atoms with Gasteiger partial charge in [0.1, 0.15) is 0 Å². The predicted octanol–water partition coefficient (Wildman–Crippen LogP) is 3.43. The van der Waals surface area contributed by atoms with Crippen molar-refractivity contribution in [1.82, 2.24) is 4.98 Å². The van der Waals surface area contributed by atoms with Crippen molar-refractivity contribution in [2.45, 2.75) is 12.1 Å². The van der Waals surface area contributed by atoms with Gasteiger partial charge in [0.25, 0.3) is 0 Å². The molecule has 3 nitrogen and oxygen atoms in total. The van der Waals surface area contributed by atoms with Gasteiger partial charge in [-0.25, -0.2) is 4.98 Å². The van der Waals surface area contributed by atoms with Crippen LogP contribution in [0.1, 0.15) is 0 Å². The molecule has 1 aromatic heterocycles. The van der Waals surface area contributed by atoms with Crippen LogP contribution >= 0.6 is 11.3 Å². The smallest absolute Gasteiger partial charge is 0.296 e. The molecule has 0 aliphatic heterocycles. The topological polar surface area (TPSA) is 42.0 Å². The number of hydrogen-bond acceptors (Lipinski definition) is 3. The highest BCUT2D eigenvalue weighted by molar-refractivity contribution is 7.22. The van der Waals surface area contributed by atoms with E-state index in [2.05, 4.69) is 4.98 Å². The first-order valence-corrected chi connectivity index (χ1v) is 5.65. The highest BCUT2D eigenvalue weighted by Crippen LogP contribution is 2.37. The van der Waals surface area contributed by atoms with Crippen molar-refractivity contribution in [2.75, 3.05) is 5.32 Å². The van der Waals surface area contributed by atoms with Gasteiger partial charge in [-0.3, -0.25) is 10.1 Å². The van der Waals surface area contributed by atoms with Gasteiger partial charge in [-0.05, 0) is 12.1 Å². The minimum Gasteiger partial charge on any atom is -0.296 e. The first-order valence-electron chi connectivity index (χ1n) is 4.83. The van der Waals surface area contributed by atoms with Gasteiger partial charge >= 0.3 is 18.0 Å². The lowest BCUT2D eigenvalue weighted by Gasteiger charge is -2.17. The number of benzene rings is 1. The number of rotatable bonds is 2. The van der Waals surface area contributed by atoms with Crippen LogP contribution in [-0.2, 0) is 4.79 Å². The number of nitrogens with one attached hydrogen (secondary N) is 1. The van der Waals surface area contributed by atoms with Crippen molar-refractivity contribution in [3.63, 3.8) is 0 Å². The first-order chi connectivity index (χ1) is 8.72. The van der Waals surface area contributed by atoms with Gasteiger partial charge in [0.15, 0.2) is 5.13 Å². The van der Waals surface area contributed by atoms with Crippen LogP contribution in [0, 0.1) is 0 Å². The third kappa shape index (κ3) is 2.50. The summed E-state index contributed by atoms with van der Waals surface area (Å²) in [5, 5.41) is 1.17. The van der Waals surface area contributed by atoms with Crippen LogP contribution in [0.4, 0.5) is 27.1 Å². The van der Waals surface area contributed by atoms with Crippen molar-refractivity contribution in [3.05, 3.63) is 24.3 Å². The fourth-order valence-corrected chi connectivity index (χ4v) is 2.09. The maximum Gasteiger partial charge on any atom is 0.463 e. The van der Waals surface area contributed by atoms with Crippen molar-refractivity contribution in [1.29, 1.82) is 0 Å². The van der Waals surface area contributed by atoms with Crippen molar-refractivity contribution < 1.29 is 26.7 Å². The molecule has 1 N–H and O–H groups in total. The van der Waals surface area contributed by atoms with Crippen molar-refractivity contribution in [3.8, 4) is 0 Å². The Labute approximate surface area is 107 Å². The quantitative estimate of drug-likeness (QED) is 0.863. The maximum absolute atomic E-state index is 12.7. The molecule has 0 saturated carbocycles. The van der Waals surface area contributed by atoms with Crippen molar-refractivity contribution in [2.24, 2.45) is 0 Å². The van der Waals surface area contributed by atoms with E-state index in [0.29, 0.717) is 10.2 Å². The Hall–Kier alpha value is -1.77. The molecule has 0 saturated heterocycles. The summed E-state index contributed by atoms with van der Waals surface area (Å²) in [4.78, 5) is 14.7. The number of anilines is 1. The highest BCUT2D eigenvalue weighted by atomic mass is 32.1. The molecule has 0 atom stereocenters. The minimum absolute atomic E-state index is 0.310. The Balaban J connectivity index is 2.24. The van der Waals surface area contributed by atoms with E-state index in [4.69, 9.17) is 0 Å². The van der Waals surface area contributed by atoms with Gasteiger partial charge in [-0.15, -0.1) is 0 Å². The number of fused-ring (bicyclic) bond motifs is 1. The van der Waals surface area contributed by atoms with E-state index in [1.54, 1.807) is 24.3 Å². The Morgan fingerprint density at radius 2 is 1.79 bits per heavy atom. The minimum atomic E-state index is -5.94. The molecule has 0 aliphatic carbocycles. The number of aromatic nitrogens is 1. The number of nitrogens with zero attached hydrogens (tertiary/aromatic N) is 1. The van der Waals surface area contributed by atoms with E-state index in [0.717, 1.165) is 11.3 Å². The lowest BCUT2D eigenvalue weighted by Crippen LogP contribution is -2.47. The Morgan fingerprint density at radius 3 is 2.37 bits per heavy atom. The SMILES string of the molecule is O=C(Nc1nc2ccccc2s1)C(F)(F)C(F)(F)F. The Bertz CT molecular complexity index is 589. The van der Waals surface area contributed by atoms with Crippen LogP contribution in [0.25, 0.3) is 10.2 Å². The average Bonchev–Trinajstić information content (AvgIpc) is 2.69. The molecule has 0 radical (unpaired) electrons. The molecule has 1 heterocycles. The largest absolute Gasteiger partial charge is 0.463 e. The van der Waals surface area contributed by atoms with Gasteiger partial charge in [0.2, 0.25) is 0 Å². The van der Waals surface area contributed by atoms with Crippen LogP contribution in [-0.4, -0.2) is 23.0 Å². The molecule has 0 spiro atoms. The molecule has 0 aliphatic rings. The molecule has 0 fully saturated rings. The van der Waals surface area contributed by atoms with E-state index in [9.17, 15) is 26.7 Å². The Morgan fingerprint density at radius 1 is 1.16 bits per heavy atom. The van der Waals surface area contributed by atoms with E-state index in [1.165, 1.54) is 5.32 Å². The molecule has 102 valence electrons. The second-order valence-corrected chi connectivity index (χ2v) is 4.54. The summed E-state index contributed by atoms with van der Waals surface area (Å²) < 4.78 is 61.9. The lowest BCUT2D eigenvalue weighted by molar-refractivity contribution is -0.267. The van der Waals surface area contributed by atoms with Crippen LogP contribution in [0.3, 0.4) is 0 Å². The van der Waals surface area contributed by atoms with E-state index in [1.807, 2.05) is 0 Å². The van der Waals surface area contributed by atoms with Gasteiger partial charge < -0.3 is 0 Å². The molecule has 1 aromatic carbocycles. The third-order valence-corrected chi connectivity index (χ3v) is 3.11. The van der Waals surface area contributed by atoms with Crippen LogP contribution in [0.2, 0.25) is 0 Å². The molecule has 19 heavy (non-hydrogen) atoms. The standard InChI is InChI=1S/C10H5F5N2OS/c11-9(12,10(13,14)15)7(18)17-8-16-5-3-1-2-4-6(5)19-8/h1-4H,(H,16,17,18). The van der Waals surface area contributed by atoms with E-state index < -0.39 is 18.0 Å². The van der Waals surface area contributed by atoms with E-state index in [-0.39, 0.29) is 5.13 Å². The van der Waals surface area contributed by atoms with E-state index >= 15 is 0 Å². The number of carbonyl (C=O) groups is 1. The number of alkyl halides is 5.